The predicted octanol–water partition coefficient (Wildman–Crippen LogP) is 2.11. The second-order valence-corrected chi connectivity index (χ2v) is 5.05. The van der Waals surface area contributed by atoms with E-state index in [1.54, 1.807) is 0 Å². The molecule has 0 unspecified atom stereocenters. The summed E-state index contributed by atoms with van der Waals surface area (Å²) >= 11 is 6.07. The van der Waals surface area contributed by atoms with Crippen LogP contribution < -0.4 is 5.46 Å². The Balaban J connectivity index is 2.11. The molecule has 0 bridgehead atoms. The van der Waals surface area contributed by atoms with E-state index >= 15 is 0 Å². The molecule has 15 heavy (non-hydrogen) atoms. The van der Waals surface area contributed by atoms with E-state index < -0.39 is 0 Å². The smallest absolute Gasteiger partial charge is 0.407 e. The van der Waals surface area contributed by atoms with E-state index in [-0.39, 0.29) is 12.5 Å². The maximum atomic E-state index is 6.07. The van der Waals surface area contributed by atoms with Gasteiger partial charge in [-0.1, -0.05) is 43.6 Å². The molecule has 1 heterocycles. The van der Waals surface area contributed by atoms with Crippen molar-refractivity contribution in [3.8, 4) is 0 Å². The van der Waals surface area contributed by atoms with Crippen molar-refractivity contribution in [3.05, 3.63) is 29.3 Å². The highest BCUT2D eigenvalue weighted by Crippen LogP contribution is 2.22. The minimum absolute atomic E-state index is 0.0950. The second kappa shape index (κ2) is 4.16. The normalized spacial score (nSPS) is 20.3. The molecule has 0 aromatic heterocycles. The fourth-order valence-corrected chi connectivity index (χ4v) is 1.76. The fraction of sp³-hybridized carbons (Fsp3) is 0.455. The molecule has 2 rings (SSSR count). The summed E-state index contributed by atoms with van der Waals surface area (Å²) in [5.41, 5.74) is 1.01. The van der Waals surface area contributed by atoms with E-state index in [1.165, 1.54) is 0 Å². The van der Waals surface area contributed by atoms with Crippen LogP contribution in [0.25, 0.3) is 0 Å². The lowest BCUT2D eigenvalue weighted by Gasteiger charge is -2.33. The number of rotatable bonds is 1. The largest absolute Gasteiger partial charge is 0.495 e. The minimum atomic E-state index is -0.313. The van der Waals surface area contributed by atoms with Crippen LogP contribution in [0.3, 0.4) is 0 Å². The standard InChI is InChI=1S/C11H14BClO2/c1-11(2)7-14-12(15-8-11)9-5-3-4-6-10(9)13/h3-6H,7-8H2,1-2H3. The summed E-state index contributed by atoms with van der Waals surface area (Å²) < 4.78 is 11.3. The van der Waals surface area contributed by atoms with Crippen LogP contribution >= 0.6 is 11.6 Å². The summed E-state index contributed by atoms with van der Waals surface area (Å²) in [6, 6.07) is 7.63. The van der Waals surface area contributed by atoms with Crippen molar-refractivity contribution in [2.45, 2.75) is 13.8 Å². The zero-order valence-electron chi connectivity index (χ0n) is 9.00. The molecule has 0 saturated carbocycles. The van der Waals surface area contributed by atoms with Crippen molar-refractivity contribution in [2.24, 2.45) is 5.41 Å². The molecule has 1 fully saturated rings. The minimum Gasteiger partial charge on any atom is -0.407 e. The van der Waals surface area contributed by atoms with Crippen molar-refractivity contribution < 1.29 is 9.31 Å². The van der Waals surface area contributed by atoms with E-state index in [0.717, 1.165) is 5.46 Å². The number of hydrogen-bond acceptors (Lipinski definition) is 2. The third kappa shape index (κ3) is 2.54. The summed E-state index contributed by atoms with van der Waals surface area (Å²) in [4.78, 5) is 0. The number of halogens is 1. The van der Waals surface area contributed by atoms with Crippen molar-refractivity contribution in [2.75, 3.05) is 13.2 Å². The average molecular weight is 224 g/mol. The number of hydrogen-bond donors (Lipinski definition) is 0. The first-order valence-electron chi connectivity index (χ1n) is 5.06. The van der Waals surface area contributed by atoms with Crippen molar-refractivity contribution in [3.63, 3.8) is 0 Å². The predicted molar refractivity (Wildman–Crippen MR) is 62.5 cm³/mol. The Bertz CT molecular complexity index is 344. The first-order valence-corrected chi connectivity index (χ1v) is 5.44. The molecule has 0 spiro atoms. The highest BCUT2D eigenvalue weighted by atomic mass is 35.5. The summed E-state index contributed by atoms with van der Waals surface area (Å²) in [6.07, 6.45) is 0. The molecular weight excluding hydrogens is 210 g/mol. The van der Waals surface area contributed by atoms with Gasteiger partial charge in [0.05, 0.1) is 0 Å². The fourth-order valence-electron chi connectivity index (χ4n) is 1.54. The van der Waals surface area contributed by atoms with Crippen LogP contribution in [0.1, 0.15) is 13.8 Å². The van der Waals surface area contributed by atoms with Gasteiger partial charge in [0.25, 0.3) is 0 Å². The topological polar surface area (TPSA) is 18.5 Å². The third-order valence-electron chi connectivity index (χ3n) is 2.41. The summed E-state index contributed by atoms with van der Waals surface area (Å²) in [6.45, 7) is 5.64. The van der Waals surface area contributed by atoms with Gasteiger partial charge in [-0.3, -0.25) is 0 Å². The third-order valence-corrected chi connectivity index (χ3v) is 2.75. The molecule has 1 aromatic carbocycles. The van der Waals surface area contributed by atoms with Gasteiger partial charge < -0.3 is 9.31 Å². The maximum Gasteiger partial charge on any atom is 0.495 e. The Hall–Kier alpha value is -0.505. The maximum absolute atomic E-state index is 6.07. The molecular formula is C11H14BClO2. The molecule has 0 aliphatic carbocycles. The van der Waals surface area contributed by atoms with Gasteiger partial charge >= 0.3 is 7.12 Å². The van der Waals surface area contributed by atoms with E-state index in [4.69, 9.17) is 20.9 Å². The molecule has 1 saturated heterocycles. The lowest BCUT2D eigenvalue weighted by atomic mass is 9.76. The Morgan fingerprint density at radius 2 is 1.80 bits per heavy atom. The Morgan fingerprint density at radius 3 is 2.40 bits per heavy atom. The lowest BCUT2D eigenvalue weighted by Crippen LogP contribution is -2.47. The highest BCUT2D eigenvalue weighted by Gasteiger charge is 2.34. The molecule has 0 atom stereocenters. The van der Waals surface area contributed by atoms with E-state index in [0.29, 0.717) is 18.2 Å². The monoisotopic (exact) mass is 224 g/mol. The van der Waals surface area contributed by atoms with Crippen LogP contribution in [0, 0.1) is 5.41 Å². The highest BCUT2D eigenvalue weighted by molar-refractivity contribution is 6.65. The van der Waals surface area contributed by atoms with Crippen molar-refractivity contribution in [1.29, 1.82) is 0 Å². The van der Waals surface area contributed by atoms with Crippen LogP contribution in [-0.4, -0.2) is 20.3 Å². The summed E-state index contributed by atoms with van der Waals surface area (Å²) in [7, 11) is -0.313. The van der Waals surface area contributed by atoms with Gasteiger partial charge in [-0.05, 0) is 6.07 Å². The molecule has 1 aliphatic heterocycles. The SMILES string of the molecule is CC1(C)COB(c2ccccc2Cl)OC1. The van der Waals surface area contributed by atoms with Crippen LogP contribution in [0.4, 0.5) is 0 Å². The van der Waals surface area contributed by atoms with Gasteiger partial charge in [-0.25, -0.2) is 0 Å². The molecule has 0 amide bonds. The lowest BCUT2D eigenvalue weighted by molar-refractivity contribution is 0.0343. The van der Waals surface area contributed by atoms with Crippen molar-refractivity contribution >= 4 is 24.2 Å². The van der Waals surface area contributed by atoms with Gasteiger partial charge in [0.2, 0.25) is 0 Å². The first kappa shape index (κ1) is 11.0. The van der Waals surface area contributed by atoms with E-state index in [2.05, 4.69) is 13.8 Å². The molecule has 1 aliphatic rings. The van der Waals surface area contributed by atoms with Gasteiger partial charge in [0.15, 0.2) is 0 Å². The van der Waals surface area contributed by atoms with Crippen LogP contribution in [0.2, 0.25) is 5.02 Å². The molecule has 0 radical (unpaired) electrons. The summed E-state index contributed by atoms with van der Waals surface area (Å²) in [5.74, 6) is 0. The summed E-state index contributed by atoms with van der Waals surface area (Å²) in [5, 5.41) is 0.696. The van der Waals surface area contributed by atoms with Gasteiger partial charge in [0.1, 0.15) is 0 Å². The van der Waals surface area contributed by atoms with Gasteiger partial charge in [0, 0.05) is 29.1 Å². The van der Waals surface area contributed by atoms with Crippen LogP contribution in [0.15, 0.2) is 24.3 Å². The Labute approximate surface area is 95.7 Å². The van der Waals surface area contributed by atoms with Crippen LogP contribution in [-0.2, 0) is 9.31 Å². The average Bonchev–Trinajstić information content (AvgIpc) is 2.19. The molecule has 2 nitrogen and oxygen atoms in total. The Morgan fingerprint density at radius 1 is 1.20 bits per heavy atom. The van der Waals surface area contributed by atoms with E-state index in [9.17, 15) is 0 Å². The molecule has 4 heteroatoms. The van der Waals surface area contributed by atoms with Gasteiger partial charge in [-0.2, -0.15) is 0 Å². The van der Waals surface area contributed by atoms with Gasteiger partial charge in [-0.15, -0.1) is 0 Å². The van der Waals surface area contributed by atoms with E-state index in [1.807, 2.05) is 24.3 Å². The molecule has 80 valence electrons. The van der Waals surface area contributed by atoms with Crippen LogP contribution in [0.5, 0.6) is 0 Å². The number of benzene rings is 1. The Kier molecular flexibility index (Phi) is 3.05. The zero-order valence-corrected chi connectivity index (χ0v) is 9.75. The first-order chi connectivity index (χ1) is 7.08. The quantitative estimate of drug-likeness (QED) is 0.680. The zero-order chi connectivity index (χ0) is 10.9. The molecule has 0 N–H and O–H groups in total. The molecule has 1 aromatic rings. The van der Waals surface area contributed by atoms with Crippen molar-refractivity contribution in [1.82, 2.24) is 0 Å². The second-order valence-electron chi connectivity index (χ2n) is 4.64.